The first-order valence-electron chi connectivity index (χ1n) is 32.6. The number of allylic oxidation sites excluding steroid dienone is 8. The first kappa shape index (κ1) is 60.7. The Kier molecular flexibility index (Phi) is 15.7. The average molecular weight is 1320 g/mol. The fourth-order valence-corrected chi connectivity index (χ4v) is 15.3. The quantitative estimate of drug-likeness (QED) is 0.0702. The smallest absolute Gasteiger partial charge is 0.164 e. The summed E-state index contributed by atoms with van der Waals surface area (Å²) in [5, 5.41) is 14.8. The molecule has 0 radical (unpaired) electrons. The number of rotatable bonds is 17. The van der Waals surface area contributed by atoms with Crippen LogP contribution in [0.5, 0.6) is 0 Å². The van der Waals surface area contributed by atoms with Crippen LogP contribution in [0.3, 0.4) is 0 Å². The molecule has 1 N–H and O–H groups in total. The van der Waals surface area contributed by atoms with E-state index < -0.39 is 0 Å². The van der Waals surface area contributed by atoms with Crippen molar-refractivity contribution in [3.8, 4) is 90.3 Å². The molecule has 7 heterocycles. The SMILES string of the molecule is C=C/C=C\C=C\c1nc(-c2cccc3oc4c(-c5nc(-c6ccccc6)cc(-c6cccc(-c7ccc(-c8nc(-c9ccccc9)cc(-c9ccccc9)n8)c8oc9cc(C=Nc%10c(C(=N)C(=C)/C=C\C=C)sc%11ccccc%10%11)ccc9c78)c6)n5)cccc4c23)nc2c1sc1ccccc12. The number of aromatic nitrogens is 6. The van der Waals surface area contributed by atoms with Crippen molar-refractivity contribution in [3.05, 3.63) is 327 Å². The molecule has 10 aromatic carbocycles. The van der Waals surface area contributed by atoms with E-state index in [1.807, 2.05) is 140 Å². The number of thiophene rings is 2. The maximum Gasteiger partial charge on any atom is 0.164 e. The molecule has 0 aliphatic heterocycles. The van der Waals surface area contributed by atoms with E-state index in [4.69, 9.17) is 43.7 Å². The molecule has 472 valence electrons. The second kappa shape index (κ2) is 25.9. The van der Waals surface area contributed by atoms with Crippen molar-refractivity contribution < 1.29 is 8.83 Å². The van der Waals surface area contributed by atoms with Crippen LogP contribution in [0.4, 0.5) is 5.69 Å². The van der Waals surface area contributed by atoms with Crippen molar-refractivity contribution in [3.63, 3.8) is 0 Å². The van der Waals surface area contributed by atoms with Gasteiger partial charge in [-0.2, -0.15) is 0 Å². The van der Waals surface area contributed by atoms with Gasteiger partial charge in [-0.15, -0.1) is 22.7 Å². The molecule has 12 heteroatoms. The maximum atomic E-state index is 9.23. The number of furan rings is 2. The van der Waals surface area contributed by atoms with Crippen molar-refractivity contribution in [2.24, 2.45) is 4.99 Å². The van der Waals surface area contributed by atoms with E-state index in [0.29, 0.717) is 56.8 Å². The van der Waals surface area contributed by atoms with Crippen molar-refractivity contribution >= 4 is 121 Å². The van der Waals surface area contributed by atoms with Gasteiger partial charge in [0.2, 0.25) is 0 Å². The second-order valence-corrected chi connectivity index (χ2v) is 26.1. The number of nitrogens with zero attached hydrogens (tertiary/aromatic N) is 7. The monoisotopic (exact) mass is 1320 g/mol. The highest BCUT2D eigenvalue weighted by molar-refractivity contribution is 7.26. The van der Waals surface area contributed by atoms with E-state index in [1.165, 1.54) is 11.3 Å². The van der Waals surface area contributed by atoms with Crippen LogP contribution in [-0.2, 0) is 0 Å². The molecule has 0 aliphatic rings. The van der Waals surface area contributed by atoms with Crippen LogP contribution in [0.2, 0.25) is 0 Å². The summed E-state index contributed by atoms with van der Waals surface area (Å²) in [7, 11) is 0. The molecule has 100 heavy (non-hydrogen) atoms. The largest absolute Gasteiger partial charge is 0.455 e. The normalized spacial score (nSPS) is 12.0. The lowest BCUT2D eigenvalue weighted by Crippen LogP contribution is -1.98. The molecular weight excluding hydrogens is 1270 g/mol. The van der Waals surface area contributed by atoms with Gasteiger partial charge in [-0.25, -0.2) is 29.9 Å². The van der Waals surface area contributed by atoms with Gasteiger partial charge < -0.3 is 8.83 Å². The highest BCUT2D eigenvalue weighted by atomic mass is 32.1. The number of hydrogen-bond donors (Lipinski definition) is 1. The Morgan fingerprint density at radius 2 is 0.980 bits per heavy atom. The first-order valence-corrected chi connectivity index (χ1v) is 34.2. The Hall–Kier alpha value is -13.0. The summed E-state index contributed by atoms with van der Waals surface area (Å²) in [5.41, 5.74) is 17.7. The van der Waals surface area contributed by atoms with Gasteiger partial charge in [-0.3, -0.25) is 10.4 Å². The molecule has 7 aromatic heterocycles. The van der Waals surface area contributed by atoms with Crippen molar-refractivity contribution in [1.29, 1.82) is 5.41 Å². The highest BCUT2D eigenvalue weighted by Gasteiger charge is 2.25. The van der Waals surface area contributed by atoms with E-state index in [-0.39, 0.29) is 0 Å². The van der Waals surface area contributed by atoms with E-state index >= 15 is 0 Å². The minimum atomic E-state index is 0.300. The Bertz CT molecular complexity index is 6250. The zero-order chi connectivity index (χ0) is 67.2. The Morgan fingerprint density at radius 1 is 0.420 bits per heavy atom. The van der Waals surface area contributed by atoms with E-state index in [9.17, 15) is 5.41 Å². The van der Waals surface area contributed by atoms with Gasteiger partial charge in [0.25, 0.3) is 0 Å². The van der Waals surface area contributed by atoms with Crippen LogP contribution in [0.1, 0.15) is 16.1 Å². The van der Waals surface area contributed by atoms with E-state index in [2.05, 4.69) is 153 Å². The lowest BCUT2D eigenvalue weighted by molar-refractivity contribution is 0.669. The molecule has 0 spiro atoms. The van der Waals surface area contributed by atoms with Crippen molar-refractivity contribution in [2.75, 3.05) is 0 Å². The van der Waals surface area contributed by atoms with Crippen LogP contribution in [0, 0.1) is 5.41 Å². The summed E-state index contributed by atoms with van der Waals surface area (Å²) < 4.78 is 17.4. The van der Waals surface area contributed by atoms with Gasteiger partial charge in [0.1, 0.15) is 22.3 Å². The number of aliphatic imine (C=N–C) groups is 1. The Balaban J connectivity index is 0.815. The topological polar surface area (TPSA) is 140 Å². The van der Waals surface area contributed by atoms with Gasteiger partial charge in [0, 0.05) is 75.7 Å². The molecular formula is C88H56N8O2S2. The summed E-state index contributed by atoms with van der Waals surface area (Å²) in [6.45, 7) is 11.9. The molecule has 0 bridgehead atoms. The van der Waals surface area contributed by atoms with Gasteiger partial charge in [0.05, 0.1) is 66.1 Å². The predicted molar refractivity (Wildman–Crippen MR) is 417 cm³/mol. The zero-order valence-electron chi connectivity index (χ0n) is 53.7. The average Bonchev–Trinajstić information content (AvgIpc) is 1.55. The Labute approximate surface area is 582 Å². The lowest BCUT2D eigenvalue weighted by atomic mass is 9.94. The van der Waals surface area contributed by atoms with Crippen LogP contribution >= 0.6 is 22.7 Å². The standard InChI is InChI=1S/C88H56N8O2S2/c1-4-6-8-18-40-68-84-81(63-36-20-22-43-76(63)99-84)96-86(91-68)65-38-25-41-73-77(65)64-37-24-39-66(82(64)97-73)87-92-71(57-31-16-11-17-32-57)51-72(95-87)59-34-23-33-58(49-59)60-46-47-67(88-93-69(55-27-12-9-13-28-55)50-70(94-88)56-29-14-10-15-30-56)83-78(60)61-45-44-54(48-74(61)98-83)52-90-80-62-35-19-21-42-75(62)100-85(80)79(89)53(3)26-7-5-2/h4-52,89H,1-3H2/b8-6-,26-7-,40-18+,89-79?,90-52?. The van der Waals surface area contributed by atoms with Crippen LogP contribution in [-0.4, -0.2) is 41.8 Å². The minimum absolute atomic E-state index is 0.300. The third kappa shape index (κ3) is 11.1. The summed E-state index contributed by atoms with van der Waals surface area (Å²) in [5.74, 6) is 1.61. The molecule has 17 rings (SSSR count). The van der Waals surface area contributed by atoms with Crippen LogP contribution < -0.4 is 0 Å². The predicted octanol–water partition coefficient (Wildman–Crippen LogP) is 23.9. The Morgan fingerprint density at radius 3 is 1.68 bits per heavy atom. The first-order chi connectivity index (χ1) is 49.3. The molecule has 17 aromatic rings. The van der Waals surface area contributed by atoms with Crippen molar-refractivity contribution in [2.45, 2.75) is 0 Å². The summed E-state index contributed by atoms with van der Waals surface area (Å²) in [6.07, 6.45) is 16.7. The third-order valence-corrected chi connectivity index (χ3v) is 20.1. The summed E-state index contributed by atoms with van der Waals surface area (Å²) in [6, 6.07) is 82.4. The third-order valence-electron chi connectivity index (χ3n) is 17.8. The molecule has 0 saturated carbocycles. The fourth-order valence-electron chi connectivity index (χ4n) is 13.0. The van der Waals surface area contributed by atoms with E-state index in [1.54, 1.807) is 35.6 Å². The number of benzene rings is 10. The number of nitrogens with one attached hydrogen (secondary N) is 1. The van der Waals surface area contributed by atoms with Gasteiger partial charge in [-0.05, 0) is 89.0 Å². The van der Waals surface area contributed by atoms with Gasteiger partial charge in [0.15, 0.2) is 17.5 Å². The van der Waals surface area contributed by atoms with Crippen LogP contribution in [0.15, 0.2) is 324 Å². The van der Waals surface area contributed by atoms with Crippen molar-refractivity contribution in [1.82, 2.24) is 29.9 Å². The molecule has 0 aliphatic carbocycles. The highest BCUT2D eigenvalue weighted by Crippen LogP contribution is 2.46. The number of hydrogen-bond acceptors (Lipinski definition) is 12. The summed E-state index contributed by atoms with van der Waals surface area (Å²) >= 11 is 3.22. The molecule has 0 amide bonds. The lowest BCUT2D eigenvalue weighted by Gasteiger charge is -2.13. The molecule has 0 atom stereocenters. The van der Waals surface area contributed by atoms with Gasteiger partial charge in [-0.1, -0.05) is 244 Å². The molecule has 0 unspecified atom stereocenters. The fraction of sp³-hybridized carbons (Fsp3) is 0. The minimum Gasteiger partial charge on any atom is -0.455 e. The maximum absolute atomic E-state index is 9.23. The second-order valence-electron chi connectivity index (χ2n) is 24.0. The van der Waals surface area contributed by atoms with Gasteiger partial charge >= 0.3 is 0 Å². The molecule has 10 nitrogen and oxygen atoms in total. The number of para-hydroxylation sites is 1. The molecule has 0 fully saturated rings. The number of fused-ring (bicyclic) bond motifs is 10. The van der Waals surface area contributed by atoms with E-state index in [0.717, 1.165) is 141 Å². The molecule has 0 saturated heterocycles. The zero-order valence-corrected chi connectivity index (χ0v) is 55.3. The summed E-state index contributed by atoms with van der Waals surface area (Å²) in [4.78, 5) is 38.0. The van der Waals surface area contributed by atoms with Crippen LogP contribution in [0.25, 0.3) is 171 Å².